The van der Waals surface area contributed by atoms with E-state index >= 15 is 0 Å². The number of nitrogens with zero attached hydrogens (tertiary/aromatic N) is 3. The fourth-order valence-electron chi connectivity index (χ4n) is 3.04. The lowest BCUT2D eigenvalue weighted by Crippen LogP contribution is -2.16. The third kappa shape index (κ3) is 5.53. The summed E-state index contributed by atoms with van der Waals surface area (Å²) in [5, 5.41) is 11.5. The summed E-state index contributed by atoms with van der Waals surface area (Å²) < 4.78 is 44.8. The van der Waals surface area contributed by atoms with E-state index in [-0.39, 0.29) is 23.0 Å². The van der Waals surface area contributed by atoms with Crippen LogP contribution < -0.4 is 10.1 Å². The number of amides is 1. The van der Waals surface area contributed by atoms with Crippen molar-refractivity contribution in [3.8, 4) is 22.8 Å². The Bertz CT molecular complexity index is 1230. The number of hydrogen-bond acceptors (Lipinski definition) is 5. The number of carbonyl (C=O) groups is 1. The van der Waals surface area contributed by atoms with E-state index in [1.165, 1.54) is 30.3 Å². The molecule has 3 aromatic carbocycles. The number of alkyl halides is 2. The number of para-hydroxylation sites is 3. The van der Waals surface area contributed by atoms with Crippen molar-refractivity contribution in [1.29, 1.82) is 0 Å². The van der Waals surface area contributed by atoms with E-state index in [4.69, 9.17) is 0 Å². The Kier molecular flexibility index (Phi) is 6.94. The van der Waals surface area contributed by atoms with Gasteiger partial charge in [-0.2, -0.15) is 8.78 Å². The molecule has 1 heterocycles. The Balaban J connectivity index is 1.55. The molecule has 1 aromatic heterocycles. The van der Waals surface area contributed by atoms with Crippen molar-refractivity contribution in [2.45, 2.75) is 11.8 Å². The molecule has 1 amide bonds. The number of thioether (sulfide) groups is 1. The van der Waals surface area contributed by atoms with Gasteiger partial charge in [0, 0.05) is 11.3 Å². The molecule has 168 valence electrons. The summed E-state index contributed by atoms with van der Waals surface area (Å²) in [6.07, 6.45) is 0. The predicted octanol–water partition coefficient (Wildman–Crippen LogP) is 5.41. The van der Waals surface area contributed by atoms with Gasteiger partial charge in [0.1, 0.15) is 11.6 Å². The highest BCUT2D eigenvalue weighted by molar-refractivity contribution is 7.99. The zero-order valence-corrected chi connectivity index (χ0v) is 17.8. The summed E-state index contributed by atoms with van der Waals surface area (Å²) in [5.41, 5.74) is 1.56. The molecule has 4 aromatic rings. The van der Waals surface area contributed by atoms with Crippen LogP contribution in [0.25, 0.3) is 17.1 Å². The van der Waals surface area contributed by atoms with Crippen molar-refractivity contribution < 1.29 is 22.7 Å². The number of ether oxygens (including phenoxy) is 1. The number of benzene rings is 3. The van der Waals surface area contributed by atoms with Gasteiger partial charge in [-0.1, -0.05) is 42.1 Å². The summed E-state index contributed by atoms with van der Waals surface area (Å²) in [4.78, 5) is 12.5. The zero-order valence-electron chi connectivity index (χ0n) is 17.0. The van der Waals surface area contributed by atoms with E-state index in [0.29, 0.717) is 16.5 Å². The maximum Gasteiger partial charge on any atom is 0.387 e. The van der Waals surface area contributed by atoms with Gasteiger partial charge in [0.15, 0.2) is 11.0 Å². The second kappa shape index (κ2) is 10.2. The molecule has 0 fully saturated rings. The molecule has 0 atom stereocenters. The average molecular weight is 470 g/mol. The van der Waals surface area contributed by atoms with Crippen LogP contribution in [-0.2, 0) is 4.79 Å². The first-order valence-electron chi connectivity index (χ1n) is 9.74. The molecule has 10 heteroatoms. The number of nitrogens with one attached hydrogen (secondary N) is 1. The van der Waals surface area contributed by atoms with Gasteiger partial charge < -0.3 is 10.1 Å². The lowest BCUT2D eigenvalue weighted by atomic mass is 10.2. The van der Waals surface area contributed by atoms with Gasteiger partial charge >= 0.3 is 6.61 Å². The minimum absolute atomic E-state index is 0.0581. The summed E-state index contributed by atoms with van der Waals surface area (Å²) in [7, 11) is 0. The number of carbonyl (C=O) groups excluding carboxylic acids is 1. The number of aromatic nitrogens is 3. The topological polar surface area (TPSA) is 69.0 Å². The van der Waals surface area contributed by atoms with E-state index in [1.54, 1.807) is 22.8 Å². The summed E-state index contributed by atoms with van der Waals surface area (Å²) >= 11 is 1.12. The third-order valence-corrected chi connectivity index (χ3v) is 5.39. The molecule has 6 nitrogen and oxygen atoms in total. The van der Waals surface area contributed by atoms with E-state index in [1.807, 2.05) is 30.3 Å². The summed E-state index contributed by atoms with van der Waals surface area (Å²) in [6, 6.07) is 21.1. The molecule has 0 aliphatic carbocycles. The minimum atomic E-state index is -3.01. The van der Waals surface area contributed by atoms with Crippen LogP contribution >= 0.6 is 11.8 Å². The average Bonchev–Trinajstić information content (AvgIpc) is 3.24. The van der Waals surface area contributed by atoms with Crippen molar-refractivity contribution in [3.63, 3.8) is 0 Å². The molecule has 0 aliphatic rings. The van der Waals surface area contributed by atoms with Gasteiger partial charge in [-0.3, -0.25) is 9.36 Å². The Morgan fingerprint density at radius 3 is 2.39 bits per heavy atom. The largest absolute Gasteiger partial charge is 0.433 e. The van der Waals surface area contributed by atoms with Crippen molar-refractivity contribution in [1.82, 2.24) is 14.8 Å². The van der Waals surface area contributed by atoms with Crippen LogP contribution in [0, 0.1) is 5.82 Å². The maximum absolute atomic E-state index is 13.4. The van der Waals surface area contributed by atoms with Crippen molar-refractivity contribution in [3.05, 3.63) is 84.7 Å². The fourth-order valence-corrected chi connectivity index (χ4v) is 3.80. The minimum Gasteiger partial charge on any atom is -0.433 e. The summed E-state index contributed by atoms with van der Waals surface area (Å²) in [5.74, 6) is -0.503. The second-order valence-corrected chi connectivity index (χ2v) is 7.64. The Labute approximate surface area is 191 Å². The molecule has 0 aliphatic heterocycles. The van der Waals surface area contributed by atoms with E-state index in [2.05, 4.69) is 20.3 Å². The van der Waals surface area contributed by atoms with Crippen LogP contribution in [0.3, 0.4) is 0 Å². The van der Waals surface area contributed by atoms with Crippen LogP contribution in [-0.4, -0.2) is 33.0 Å². The Morgan fingerprint density at radius 1 is 0.970 bits per heavy atom. The fraction of sp³-hybridized carbons (Fsp3) is 0.0870. The van der Waals surface area contributed by atoms with Gasteiger partial charge in [0.2, 0.25) is 5.91 Å². The van der Waals surface area contributed by atoms with Gasteiger partial charge in [0.25, 0.3) is 0 Å². The third-order valence-electron chi connectivity index (χ3n) is 4.46. The highest BCUT2D eigenvalue weighted by atomic mass is 32.2. The van der Waals surface area contributed by atoms with Gasteiger partial charge in [-0.05, 0) is 48.5 Å². The SMILES string of the molecule is O=C(CSc1nnc(-c2ccc(F)cc2)n1-c1ccccc1)Nc1ccccc1OC(F)F. The molecule has 0 radical (unpaired) electrons. The van der Waals surface area contributed by atoms with Crippen LogP contribution in [0.5, 0.6) is 5.75 Å². The van der Waals surface area contributed by atoms with Crippen molar-refractivity contribution >= 4 is 23.4 Å². The van der Waals surface area contributed by atoms with Gasteiger partial charge in [-0.25, -0.2) is 4.39 Å². The molecule has 0 spiro atoms. The highest BCUT2D eigenvalue weighted by Crippen LogP contribution is 2.29. The molecular formula is C23H17F3N4O2S. The van der Waals surface area contributed by atoms with Gasteiger partial charge in [-0.15, -0.1) is 10.2 Å². The first-order chi connectivity index (χ1) is 16.0. The normalized spacial score (nSPS) is 10.9. The molecule has 33 heavy (non-hydrogen) atoms. The van der Waals surface area contributed by atoms with E-state index in [9.17, 15) is 18.0 Å². The lowest BCUT2D eigenvalue weighted by Gasteiger charge is -2.12. The standard InChI is InChI=1S/C23H17F3N4O2S/c24-16-12-10-15(11-13-16)21-28-29-23(30(21)17-6-2-1-3-7-17)33-14-20(31)27-18-8-4-5-9-19(18)32-22(25)26/h1-13,22H,14H2,(H,27,31). The second-order valence-electron chi connectivity index (χ2n) is 6.70. The Morgan fingerprint density at radius 2 is 1.67 bits per heavy atom. The van der Waals surface area contributed by atoms with Crippen molar-refractivity contribution in [2.75, 3.05) is 11.1 Å². The molecular weight excluding hydrogens is 453 g/mol. The number of anilines is 1. The zero-order chi connectivity index (χ0) is 23.2. The van der Waals surface area contributed by atoms with E-state index in [0.717, 1.165) is 17.4 Å². The smallest absolute Gasteiger partial charge is 0.387 e. The van der Waals surface area contributed by atoms with Gasteiger partial charge in [0.05, 0.1) is 11.4 Å². The number of halogens is 3. The molecule has 1 N–H and O–H groups in total. The number of hydrogen-bond donors (Lipinski definition) is 1. The van der Waals surface area contributed by atoms with Crippen LogP contribution in [0.15, 0.2) is 84.0 Å². The van der Waals surface area contributed by atoms with Crippen LogP contribution in [0.4, 0.5) is 18.9 Å². The first kappa shape index (κ1) is 22.4. The lowest BCUT2D eigenvalue weighted by molar-refractivity contribution is -0.113. The highest BCUT2D eigenvalue weighted by Gasteiger charge is 2.18. The van der Waals surface area contributed by atoms with Crippen LogP contribution in [0.1, 0.15) is 0 Å². The van der Waals surface area contributed by atoms with E-state index < -0.39 is 12.5 Å². The van der Waals surface area contributed by atoms with Crippen molar-refractivity contribution in [2.24, 2.45) is 0 Å². The Hall–Kier alpha value is -3.79. The maximum atomic E-state index is 13.4. The molecule has 0 bridgehead atoms. The molecule has 0 saturated carbocycles. The first-order valence-corrected chi connectivity index (χ1v) is 10.7. The summed E-state index contributed by atoms with van der Waals surface area (Å²) in [6.45, 7) is -3.01. The monoisotopic (exact) mass is 470 g/mol. The quantitative estimate of drug-likeness (QED) is 0.349. The molecule has 0 saturated heterocycles. The molecule has 0 unspecified atom stereocenters. The number of rotatable bonds is 8. The molecule has 4 rings (SSSR count). The van der Waals surface area contributed by atoms with Crippen LogP contribution in [0.2, 0.25) is 0 Å². The predicted molar refractivity (Wildman–Crippen MR) is 119 cm³/mol.